The number of ether oxygens (including phenoxy) is 1. The fourth-order valence-corrected chi connectivity index (χ4v) is 3.09. The van der Waals surface area contributed by atoms with Crippen LogP contribution in [0, 0.1) is 5.82 Å². The Bertz CT molecular complexity index is 809. The van der Waals surface area contributed by atoms with Crippen LogP contribution in [0.5, 0.6) is 5.75 Å². The molecule has 1 aliphatic heterocycles. The molecule has 0 radical (unpaired) electrons. The molecule has 1 saturated heterocycles. The zero-order chi connectivity index (χ0) is 19.8. The van der Waals surface area contributed by atoms with E-state index in [-0.39, 0.29) is 5.82 Å². The average molecular weight is 371 g/mol. The first kappa shape index (κ1) is 19.7. The summed E-state index contributed by atoms with van der Waals surface area (Å²) in [5.41, 5.74) is 1.75. The van der Waals surface area contributed by atoms with Crippen LogP contribution in [-0.4, -0.2) is 32.5 Å². The molecule has 1 aliphatic rings. The first-order valence-electron chi connectivity index (χ1n) is 9.12. The second-order valence-electron chi connectivity index (χ2n) is 7.99. The lowest BCUT2D eigenvalue weighted by Crippen LogP contribution is -2.41. The molecule has 0 aromatic heterocycles. The number of anilines is 1. The molecular weight excluding hydrogens is 344 g/mol. The molecule has 0 bridgehead atoms. The third kappa shape index (κ3) is 3.97. The maximum atomic E-state index is 14.0. The van der Waals surface area contributed by atoms with E-state index in [0.717, 1.165) is 22.5 Å². The van der Waals surface area contributed by atoms with Crippen molar-refractivity contribution >= 4 is 18.3 Å². The minimum absolute atomic E-state index is 0.299. The topological polar surface area (TPSA) is 30.9 Å². The summed E-state index contributed by atoms with van der Waals surface area (Å²) in [6, 6.07) is 12.6. The van der Waals surface area contributed by atoms with Crippen molar-refractivity contribution in [2.75, 3.05) is 19.1 Å². The Kier molecular flexibility index (Phi) is 5.23. The summed E-state index contributed by atoms with van der Waals surface area (Å²) in [6.45, 7) is 8.57. The van der Waals surface area contributed by atoms with Gasteiger partial charge in [-0.3, -0.25) is 0 Å². The number of hydrogen-bond acceptors (Lipinski definition) is 4. The van der Waals surface area contributed by atoms with Gasteiger partial charge in [0.05, 0.1) is 18.3 Å². The molecule has 0 saturated carbocycles. The summed E-state index contributed by atoms with van der Waals surface area (Å²) in [7, 11) is 3.04. The molecule has 0 unspecified atom stereocenters. The van der Waals surface area contributed by atoms with Crippen molar-refractivity contribution in [3.05, 3.63) is 53.8 Å². The Morgan fingerprint density at radius 3 is 2.33 bits per heavy atom. The van der Waals surface area contributed by atoms with Crippen molar-refractivity contribution in [2.24, 2.45) is 0 Å². The third-order valence-corrected chi connectivity index (χ3v) is 5.52. The van der Waals surface area contributed by atoms with E-state index in [1.165, 1.54) is 12.1 Å². The van der Waals surface area contributed by atoms with E-state index in [0.29, 0.717) is 6.54 Å². The van der Waals surface area contributed by atoms with Crippen LogP contribution < -0.4 is 15.1 Å². The number of hydrogen-bond donors (Lipinski definition) is 0. The summed E-state index contributed by atoms with van der Waals surface area (Å²) >= 11 is 0. The second kappa shape index (κ2) is 7.17. The maximum absolute atomic E-state index is 14.0. The smallest absolute Gasteiger partial charge is 0.495 e. The fourth-order valence-electron chi connectivity index (χ4n) is 3.09. The predicted molar refractivity (Wildman–Crippen MR) is 107 cm³/mol. The number of nitrogens with zero attached hydrogens (tertiary/aromatic N) is 1. The minimum atomic E-state index is -0.598. The summed E-state index contributed by atoms with van der Waals surface area (Å²) in [4.78, 5) is 2.09. The lowest BCUT2D eigenvalue weighted by Gasteiger charge is -2.32. The molecule has 0 amide bonds. The molecule has 1 fully saturated rings. The van der Waals surface area contributed by atoms with E-state index >= 15 is 0 Å². The van der Waals surface area contributed by atoms with E-state index in [1.54, 1.807) is 13.2 Å². The Morgan fingerprint density at radius 2 is 1.70 bits per heavy atom. The highest BCUT2D eigenvalue weighted by molar-refractivity contribution is 6.62. The Morgan fingerprint density at radius 1 is 1.04 bits per heavy atom. The predicted octanol–water partition coefficient (Wildman–Crippen LogP) is 3.77. The molecule has 2 aromatic rings. The summed E-state index contributed by atoms with van der Waals surface area (Å²) in [5, 5.41) is 0. The van der Waals surface area contributed by atoms with Gasteiger partial charge in [-0.1, -0.05) is 12.1 Å². The van der Waals surface area contributed by atoms with Crippen molar-refractivity contribution in [3.8, 4) is 5.75 Å². The molecular formula is C21H27BFNO3. The number of halogens is 1. The van der Waals surface area contributed by atoms with Crippen molar-refractivity contribution in [1.82, 2.24) is 0 Å². The van der Waals surface area contributed by atoms with Crippen LogP contribution in [0.4, 0.5) is 10.1 Å². The van der Waals surface area contributed by atoms with E-state index in [9.17, 15) is 4.39 Å². The zero-order valence-corrected chi connectivity index (χ0v) is 16.9. The minimum Gasteiger partial charge on any atom is -0.497 e. The third-order valence-electron chi connectivity index (χ3n) is 5.52. The highest BCUT2D eigenvalue weighted by Gasteiger charge is 2.52. The van der Waals surface area contributed by atoms with Crippen molar-refractivity contribution < 1.29 is 18.4 Å². The van der Waals surface area contributed by atoms with Crippen LogP contribution >= 0.6 is 0 Å². The molecule has 144 valence electrons. The van der Waals surface area contributed by atoms with E-state index in [4.69, 9.17) is 14.0 Å². The van der Waals surface area contributed by atoms with Crippen LogP contribution in [-0.2, 0) is 15.9 Å². The van der Waals surface area contributed by atoms with E-state index in [2.05, 4.69) is 4.90 Å². The quantitative estimate of drug-likeness (QED) is 0.749. The molecule has 0 aliphatic carbocycles. The van der Waals surface area contributed by atoms with Gasteiger partial charge in [-0.25, -0.2) is 4.39 Å². The lowest BCUT2D eigenvalue weighted by atomic mass is 9.75. The molecule has 0 atom stereocenters. The molecule has 0 spiro atoms. The highest BCUT2D eigenvalue weighted by atomic mass is 19.1. The van der Waals surface area contributed by atoms with Gasteiger partial charge in [0, 0.05) is 25.3 Å². The van der Waals surface area contributed by atoms with Gasteiger partial charge in [-0.05, 0) is 63.0 Å². The molecule has 6 heteroatoms. The van der Waals surface area contributed by atoms with Gasteiger partial charge in [0.15, 0.2) is 0 Å². The highest BCUT2D eigenvalue weighted by Crippen LogP contribution is 2.36. The van der Waals surface area contributed by atoms with E-state index in [1.807, 2.05) is 59.0 Å². The fraction of sp³-hybridized carbons (Fsp3) is 0.429. The van der Waals surface area contributed by atoms with Gasteiger partial charge in [-0.2, -0.15) is 0 Å². The van der Waals surface area contributed by atoms with Gasteiger partial charge in [-0.15, -0.1) is 0 Å². The second-order valence-corrected chi connectivity index (χ2v) is 7.99. The normalized spacial score (nSPS) is 17.8. The van der Waals surface area contributed by atoms with Crippen LogP contribution in [0.25, 0.3) is 0 Å². The van der Waals surface area contributed by atoms with Crippen LogP contribution in [0.15, 0.2) is 42.5 Å². The zero-order valence-electron chi connectivity index (χ0n) is 16.9. The van der Waals surface area contributed by atoms with Gasteiger partial charge in [0.25, 0.3) is 0 Å². The van der Waals surface area contributed by atoms with Crippen molar-refractivity contribution in [2.45, 2.75) is 45.4 Å². The monoisotopic (exact) mass is 371 g/mol. The summed E-state index contributed by atoms with van der Waals surface area (Å²) in [5.74, 6) is 0.497. The van der Waals surface area contributed by atoms with Gasteiger partial charge < -0.3 is 18.9 Å². The average Bonchev–Trinajstić information content (AvgIpc) is 2.84. The number of methoxy groups -OCH3 is 1. The molecule has 2 aromatic carbocycles. The molecule has 0 N–H and O–H groups in total. The SMILES string of the molecule is COc1cccc(N(C)Cc2ccc(F)cc2B2OC(C)(C)C(C)(C)O2)c1. The van der Waals surface area contributed by atoms with Crippen LogP contribution in [0.3, 0.4) is 0 Å². The summed E-state index contributed by atoms with van der Waals surface area (Å²) < 4.78 is 31.6. The van der Waals surface area contributed by atoms with Gasteiger partial charge in [0.1, 0.15) is 11.6 Å². The first-order valence-corrected chi connectivity index (χ1v) is 9.12. The van der Waals surface area contributed by atoms with Crippen molar-refractivity contribution in [3.63, 3.8) is 0 Å². The molecule has 4 nitrogen and oxygen atoms in total. The largest absolute Gasteiger partial charge is 0.497 e. The standard InChI is InChI=1S/C21H27BFNO3/c1-20(2)21(3,4)27-22(26-20)19-12-16(23)11-10-15(19)14-24(5)17-8-7-9-18(13-17)25-6/h7-13H,14H2,1-6H3. The first-order chi connectivity index (χ1) is 12.6. The van der Waals surface area contributed by atoms with Crippen molar-refractivity contribution in [1.29, 1.82) is 0 Å². The van der Waals surface area contributed by atoms with E-state index < -0.39 is 18.3 Å². The number of benzene rings is 2. The summed E-state index contributed by atoms with van der Waals surface area (Å²) in [6.07, 6.45) is 0. The Labute approximate surface area is 161 Å². The Balaban J connectivity index is 1.89. The van der Waals surface area contributed by atoms with Gasteiger partial charge in [0.2, 0.25) is 0 Å². The van der Waals surface area contributed by atoms with Crippen LogP contribution in [0.1, 0.15) is 33.3 Å². The lowest BCUT2D eigenvalue weighted by molar-refractivity contribution is 0.00578. The molecule has 27 heavy (non-hydrogen) atoms. The molecule has 1 heterocycles. The maximum Gasteiger partial charge on any atom is 0.495 e. The molecule has 3 rings (SSSR count). The Hall–Kier alpha value is -2.05. The van der Waals surface area contributed by atoms with Gasteiger partial charge >= 0.3 is 7.12 Å². The van der Waals surface area contributed by atoms with Crippen LogP contribution in [0.2, 0.25) is 0 Å². The number of rotatable bonds is 5.